The normalized spacial score (nSPS) is 16.3. The minimum atomic E-state index is 0.672. The molecule has 70 valence electrons. The van der Waals surface area contributed by atoms with Crippen LogP contribution in [0.25, 0.3) is 0 Å². The third-order valence-electron chi connectivity index (χ3n) is 2.36. The second-order valence-electron chi connectivity index (χ2n) is 3.32. The average Bonchev–Trinajstić information content (AvgIpc) is 2.11. The summed E-state index contributed by atoms with van der Waals surface area (Å²) >= 11 is 0. The van der Waals surface area contributed by atoms with Gasteiger partial charge in [-0.2, -0.15) is 0 Å². The van der Waals surface area contributed by atoms with Gasteiger partial charge in [-0.1, -0.05) is 32.4 Å². The van der Waals surface area contributed by atoms with E-state index in [4.69, 9.17) is 5.73 Å². The highest BCUT2D eigenvalue weighted by Gasteiger charge is 1.98. The fourth-order valence-corrected chi connectivity index (χ4v) is 0.843. The van der Waals surface area contributed by atoms with Crippen molar-refractivity contribution in [3.8, 4) is 0 Å². The predicted octanol–water partition coefficient (Wildman–Crippen LogP) is 3.23. The van der Waals surface area contributed by atoms with Crippen LogP contribution in [0.5, 0.6) is 0 Å². The number of rotatable bonds is 4. The van der Waals surface area contributed by atoms with Crippen LogP contribution in [0.1, 0.15) is 40.5 Å². The van der Waals surface area contributed by atoms with Crippen LogP contribution in [0.4, 0.5) is 0 Å². The zero-order valence-corrected chi connectivity index (χ0v) is 8.72. The Balaban J connectivity index is 4.17. The molecule has 0 spiro atoms. The number of allylic oxidation sites excluding steroid dienone is 4. The van der Waals surface area contributed by atoms with Gasteiger partial charge < -0.3 is 5.73 Å². The Morgan fingerprint density at radius 1 is 1.33 bits per heavy atom. The van der Waals surface area contributed by atoms with Gasteiger partial charge in [0, 0.05) is 5.70 Å². The molecule has 0 aromatic heterocycles. The molecule has 0 aliphatic carbocycles. The highest BCUT2D eigenvalue weighted by Crippen LogP contribution is 2.13. The van der Waals surface area contributed by atoms with E-state index in [1.807, 2.05) is 6.08 Å². The smallest absolute Gasteiger partial charge is 0.00776 e. The van der Waals surface area contributed by atoms with Crippen LogP contribution in [0.2, 0.25) is 0 Å². The van der Waals surface area contributed by atoms with Gasteiger partial charge >= 0.3 is 0 Å². The Morgan fingerprint density at radius 2 is 1.92 bits per heavy atom. The van der Waals surface area contributed by atoms with Gasteiger partial charge in [-0.05, 0) is 31.8 Å². The van der Waals surface area contributed by atoms with Gasteiger partial charge in [-0.15, -0.1) is 0 Å². The molecule has 0 saturated carbocycles. The molecule has 12 heavy (non-hydrogen) atoms. The van der Waals surface area contributed by atoms with Gasteiger partial charge in [-0.3, -0.25) is 0 Å². The molecule has 0 aliphatic rings. The van der Waals surface area contributed by atoms with E-state index in [1.165, 1.54) is 12.0 Å². The topological polar surface area (TPSA) is 26.0 Å². The maximum absolute atomic E-state index is 5.68. The van der Waals surface area contributed by atoms with Gasteiger partial charge in [0.25, 0.3) is 0 Å². The summed E-state index contributed by atoms with van der Waals surface area (Å²) in [6.45, 7) is 8.67. The molecule has 0 fully saturated rings. The monoisotopic (exact) mass is 167 g/mol. The number of hydrogen-bond donors (Lipinski definition) is 1. The van der Waals surface area contributed by atoms with Crippen LogP contribution in [0.15, 0.2) is 23.4 Å². The number of hydrogen-bond acceptors (Lipinski definition) is 1. The van der Waals surface area contributed by atoms with Gasteiger partial charge in [-0.25, -0.2) is 0 Å². The maximum atomic E-state index is 5.68. The van der Waals surface area contributed by atoms with Crippen LogP contribution < -0.4 is 5.73 Å². The first kappa shape index (κ1) is 11.3. The third kappa shape index (κ3) is 4.22. The molecule has 0 aliphatic heterocycles. The molecular weight excluding hydrogens is 146 g/mol. The van der Waals surface area contributed by atoms with E-state index < -0.39 is 0 Å². The van der Waals surface area contributed by atoms with Crippen LogP contribution in [0.3, 0.4) is 0 Å². The molecule has 0 aromatic rings. The summed E-state index contributed by atoms with van der Waals surface area (Å²) in [7, 11) is 0. The zero-order valence-electron chi connectivity index (χ0n) is 8.72. The molecule has 1 atom stereocenters. The van der Waals surface area contributed by atoms with Crippen molar-refractivity contribution in [1.82, 2.24) is 0 Å². The van der Waals surface area contributed by atoms with E-state index >= 15 is 0 Å². The summed E-state index contributed by atoms with van der Waals surface area (Å²) in [5.74, 6) is 0.672. The van der Waals surface area contributed by atoms with Crippen molar-refractivity contribution < 1.29 is 0 Å². The second-order valence-corrected chi connectivity index (χ2v) is 3.32. The molecule has 0 rings (SSSR count). The van der Waals surface area contributed by atoms with Crippen molar-refractivity contribution >= 4 is 0 Å². The number of nitrogens with two attached hydrogens (primary N) is 1. The van der Waals surface area contributed by atoms with Crippen molar-refractivity contribution in [1.29, 1.82) is 0 Å². The summed E-state index contributed by atoms with van der Waals surface area (Å²) in [5, 5.41) is 0. The van der Waals surface area contributed by atoms with Crippen molar-refractivity contribution in [2.45, 2.75) is 40.5 Å². The molecule has 2 N–H and O–H groups in total. The largest absolute Gasteiger partial charge is 0.402 e. The lowest BCUT2D eigenvalue weighted by atomic mass is 10.00. The van der Waals surface area contributed by atoms with E-state index in [2.05, 4.69) is 33.8 Å². The molecule has 0 saturated heterocycles. The second kappa shape index (κ2) is 5.87. The molecule has 1 heteroatoms. The fourth-order valence-electron chi connectivity index (χ4n) is 0.843. The van der Waals surface area contributed by atoms with Crippen LogP contribution >= 0.6 is 0 Å². The summed E-state index contributed by atoms with van der Waals surface area (Å²) < 4.78 is 0. The summed E-state index contributed by atoms with van der Waals surface area (Å²) in [6, 6.07) is 0. The van der Waals surface area contributed by atoms with E-state index in [0.717, 1.165) is 12.1 Å². The summed E-state index contributed by atoms with van der Waals surface area (Å²) in [6.07, 6.45) is 6.28. The van der Waals surface area contributed by atoms with Crippen LogP contribution in [-0.4, -0.2) is 0 Å². The van der Waals surface area contributed by atoms with Crippen LogP contribution in [-0.2, 0) is 0 Å². The molecule has 0 bridgehead atoms. The van der Waals surface area contributed by atoms with Gasteiger partial charge in [0.05, 0.1) is 0 Å². The lowest BCUT2D eigenvalue weighted by Gasteiger charge is -2.07. The summed E-state index contributed by atoms with van der Waals surface area (Å²) in [5.41, 5.74) is 8.05. The van der Waals surface area contributed by atoms with Gasteiger partial charge in [0.1, 0.15) is 0 Å². The van der Waals surface area contributed by atoms with Crippen molar-refractivity contribution in [2.24, 2.45) is 11.7 Å². The van der Waals surface area contributed by atoms with E-state index in [0.29, 0.717) is 5.92 Å². The lowest BCUT2D eigenvalue weighted by Crippen LogP contribution is -1.95. The van der Waals surface area contributed by atoms with Gasteiger partial charge in [0.15, 0.2) is 0 Å². The molecule has 1 nitrogen and oxygen atoms in total. The van der Waals surface area contributed by atoms with E-state index in [9.17, 15) is 0 Å². The highest BCUT2D eigenvalue weighted by atomic mass is 14.6. The Morgan fingerprint density at radius 3 is 2.33 bits per heavy atom. The Labute approximate surface area is 76.3 Å². The predicted molar refractivity (Wildman–Crippen MR) is 55.8 cm³/mol. The van der Waals surface area contributed by atoms with E-state index in [-0.39, 0.29) is 0 Å². The molecular formula is C11H21N. The average molecular weight is 167 g/mol. The van der Waals surface area contributed by atoms with Crippen molar-refractivity contribution in [2.75, 3.05) is 0 Å². The standard InChI is InChI=1S/C11H21N/c1-5-9(3)10(4)7-8-11(12)6-2/h7-9H,5-6,12H2,1-4H3/b10-7+,11-8-. The molecule has 0 amide bonds. The first-order valence-corrected chi connectivity index (χ1v) is 4.74. The maximum Gasteiger partial charge on any atom is 0.00776 e. The Hall–Kier alpha value is -0.720. The minimum absolute atomic E-state index is 0.672. The molecule has 0 radical (unpaired) electrons. The van der Waals surface area contributed by atoms with Crippen molar-refractivity contribution in [3.05, 3.63) is 23.4 Å². The summed E-state index contributed by atoms with van der Waals surface area (Å²) in [4.78, 5) is 0. The molecule has 1 unspecified atom stereocenters. The van der Waals surface area contributed by atoms with Gasteiger partial charge in [0.2, 0.25) is 0 Å². The molecule has 0 heterocycles. The minimum Gasteiger partial charge on any atom is -0.402 e. The lowest BCUT2D eigenvalue weighted by molar-refractivity contribution is 0.655. The first-order chi connectivity index (χ1) is 5.61. The Kier molecular flexibility index (Phi) is 5.52. The Bertz CT molecular complexity index is 177. The van der Waals surface area contributed by atoms with E-state index in [1.54, 1.807) is 0 Å². The first-order valence-electron chi connectivity index (χ1n) is 4.74. The SMILES string of the molecule is CC/C(N)=C/C=C(\C)C(C)CC. The highest BCUT2D eigenvalue weighted by molar-refractivity contribution is 5.15. The fraction of sp³-hybridized carbons (Fsp3) is 0.636. The zero-order chi connectivity index (χ0) is 9.56. The molecule has 0 aromatic carbocycles. The quantitative estimate of drug-likeness (QED) is 0.639. The third-order valence-corrected chi connectivity index (χ3v) is 2.36. The van der Waals surface area contributed by atoms with Crippen molar-refractivity contribution in [3.63, 3.8) is 0 Å². The van der Waals surface area contributed by atoms with Crippen LogP contribution in [0, 0.1) is 5.92 Å².